The molecule has 45 heavy (non-hydrogen) atoms. The lowest BCUT2D eigenvalue weighted by Gasteiger charge is -2.33. The van der Waals surface area contributed by atoms with Gasteiger partial charge in [0.05, 0.1) is 23.8 Å². The molecule has 4 rings (SSSR count). The number of nitrogens with zero attached hydrogens (tertiary/aromatic N) is 1. The maximum absolute atomic E-state index is 13.5. The number of methoxy groups -OCH3 is 1. The lowest BCUT2D eigenvalue weighted by Crippen LogP contribution is -2.45. The van der Waals surface area contributed by atoms with E-state index in [0.717, 1.165) is 9.87 Å². The molecule has 1 aliphatic rings. The molecule has 14 heteroatoms. The van der Waals surface area contributed by atoms with Gasteiger partial charge in [0, 0.05) is 18.7 Å². The lowest BCUT2D eigenvalue weighted by molar-refractivity contribution is -0.143. The first kappa shape index (κ1) is 34.0. The van der Waals surface area contributed by atoms with Crippen molar-refractivity contribution in [3.63, 3.8) is 0 Å². The highest BCUT2D eigenvalue weighted by Gasteiger charge is 2.38. The molecule has 0 heterocycles. The number of halogens is 6. The average molecular weight is 657 g/mol. The van der Waals surface area contributed by atoms with Gasteiger partial charge in [0.25, 0.3) is 5.91 Å². The van der Waals surface area contributed by atoms with E-state index in [1.54, 1.807) is 47.2 Å². The number of amides is 1. The molecule has 242 valence electrons. The van der Waals surface area contributed by atoms with E-state index in [9.17, 15) is 44.3 Å². The predicted octanol–water partition coefficient (Wildman–Crippen LogP) is 6.96. The molecular weight excluding hydrogens is 626 g/mol. The van der Waals surface area contributed by atoms with Crippen LogP contribution in [-0.4, -0.2) is 38.3 Å². The van der Waals surface area contributed by atoms with E-state index in [2.05, 4.69) is 0 Å². The molecule has 3 aromatic carbocycles. The van der Waals surface area contributed by atoms with Crippen molar-refractivity contribution in [1.29, 1.82) is 0 Å². The van der Waals surface area contributed by atoms with E-state index < -0.39 is 51.1 Å². The number of rotatable bonds is 9. The van der Waals surface area contributed by atoms with Gasteiger partial charge in [-0.2, -0.15) is 39.1 Å². The Morgan fingerprint density at radius 1 is 0.844 bits per heavy atom. The second-order valence-electron chi connectivity index (χ2n) is 10.8. The van der Waals surface area contributed by atoms with E-state index in [0.29, 0.717) is 36.8 Å². The molecule has 1 fully saturated rings. The highest BCUT2D eigenvalue weighted by Crippen LogP contribution is 2.39. The Balaban J connectivity index is 1.55. The molecule has 3 aromatic rings. The van der Waals surface area contributed by atoms with Crippen LogP contribution in [0.25, 0.3) is 0 Å². The minimum atomic E-state index is -5.22. The largest absolute Gasteiger partial charge is 0.465 e. The Morgan fingerprint density at radius 3 is 1.96 bits per heavy atom. The third-order valence-electron chi connectivity index (χ3n) is 7.73. The van der Waals surface area contributed by atoms with Crippen LogP contribution >= 0.6 is 0 Å². The first-order valence-corrected chi connectivity index (χ1v) is 15.4. The zero-order valence-corrected chi connectivity index (χ0v) is 24.8. The van der Waals surface area contributed by atoms with Crippen molar-refractivity contribution in [2.24, 2.45) is 5.92 Å². The van der Waals surface area contributed by atoms with E-state index >= 15 is 0 Å². The minimum absolute atomic E-state index is 0.0131. The van der Waals surface area contributed by atoms with Crippen molar-refractivity contribution >= 4 is 22.1 Å². The van der Waals surface area contributed by atoms with E-state index in [4.69, 9.17) is 4.74 Å². The Hall–Kier alpha value is -3.91. The van der Waals surface area contributed by atoms with Gasteiger partial charge in [0.15, 0.2) is 0 Å². The summed E-state index contributed by atoms with van der Waals surface area (Å²) in [5, 5.41) is 0. The molecule has 1 saturated carbocycles. The van der Waals surface area contributed by atoms with E-state index in [1.165, 1.54) is 7.11 Å². The van der Waals surface area contributed by atoms with Gasteiger partial charge in [-0.25, -0.2) is 9.52 Å². The zero-order chi connectivity index (χ0) is 33.0. The smallest absolute Gasteiger partial charge is 0.416 e. The number of nitrogens with one attached hydrogen (secondary N) is 1. The number of carbonyl (C=O) groups is 2. The molecule has 0 bridgehead atoms. The van der Waals surface area contributed by atoms with Crippen LogP contribution in [0.3, 0.4) is 0 Å². The fourth-order valence-electron chi connectivity index (χ4n) is 5.45. The summed E-state index contributed by atoms with van der Waals surface area (Å²) in [5.74, 6) is -2.27. The summed E-state index contributed by atoms with van der Waals surface area (Å²) in [6.07, 6.45) is -8.09. The Bertz CT molecular complexity index is 1590. The van der Waals surface area contributed by atoms with Crippen LogP contribution in [-0.2, 0) is 33.8 Å². The SMILES string of the molecule is COC(=O)c1ccccc1C1CCC(CN(Cc2ccccc2)S(=O)(=O)NC(=O)c2cc(C(F)(F)F)cc(C(F)(F)F)c2)CC1. The monoisotopic (exact) mass is 656 g/mol. The molecule has 1 amide bonds. The quantitative estimate of drug-likeness (QED) is 0.199. The van der Waals surface area contributed by atoms with Gasteiger partial charge < -0.3 is 4.74 Å². The van der Waals surface area contributed by atoms with Crippen molar-refractivity contribution in [3.8, 4) is 0 Å². The highest BCUT2D eigenvalue weighted by atomic mass is 32.2. The summed E-state index contributed by atoms with van der Waals surface area (Å²) >= 11 is 0. The number of hydrogen-bond acceptors (Lipinski definition) is 5. The molecule has 1 N–H and O–H groups in total. The van der Waals surface area contributed by atoms with Crippen LogP contribution in [0.2, 0.25) is 0 Å². The number of ether oxygens (including phenoxy) is 1. The molecule has 1 aliphatic carbocycles. The second kappa shape index (κ2) is 13.6. The first-order valence-electron chi connectivity index (χ1n) is 13.9. The first-order chi connectivity index (χ1) is 21.1. The molecule has 7 nitrogen and oxygen atoms in total. The summed E-state index contributed by atoms with van der Waals surface area (Å²) in [6.45, 7) is -0.274. The Labute approximate surface area is 256 Å². The fourth-order valence-corrected chi connectivity index (χ4v) is 6.66. The van der Waals surface area contributed by atoms with Crippen LogP contribution in [0.5, 0.6) is 0 Å². The van der Waals surface area contributed by atoms with Crippen molar-refractivity contribution in [2.45, 2.75) is 50.5 Å². The fraction of sp³-hybridized carbons (Fsp3) is 0.355. The van der Waals surface area contributed by atoms with Crippen LogP contribution in [0, 0.1) is 5.92 Å². The topological polar surface area (TPSA) is 92.8 Å². The third-order valence-corrected chi connectivity index (χ3v) is 9.13. The predicted molar refractivity (Wildman–Crippen MR) is 152 cm³/mol. The van der Waals surface area contributed by atoms with Crippen molar-refractivity contribution < 1.29 is 49.1 Å². The summed E-state index contributed by atoms with van der Waals surface area (Å²) in [6, 6.07) is 15.6. The van der Waals surface area contributed by atoms with Crippen molar-refractivity contribution in [2.75, 3.05) is 13.7 Å². The molecule has 0 saturated heterocycles. The lowest BCUT2D eigenvalue weighted by atomic mass is 9.77. The van der Waals surface area contributed by atoms with Crippen molar-refractivity contribution in [3.05, 3.63) is 106 Å². The molecular formula is C31H30F6N2O5S. The maximum Gasteiger partial charge on any atom is 0.416 e. The van der Waals surface area contributed by atoms with E-state index in [-0.39, 0.29) is 43.1 Å². The number of benzene rings is 3. The van der Waals surface area contributed by atoms with Crippen LogP contribution < -0.4 is 4.72 Å². The molecule has 0 atom stereocenters. The third kappa shape index (κ3) is 8.63. The number of carbonyl (C=O) groups excluding carboxylic acids is 2. The van der Waals surface area contributed by atoms with Gasteiger partial charge >= 0.3 is 28.5 Å². The summed E-state index contributed by atoms with van der Waals surface area (Å²) in [5.41, 5.74) is -2.77. The number of esters is 1. The maximum atomic E-state index is 13.5. The van der Waals surface area contributed by atoms with Crippen molar-refractivity contribution in [1.82, 2.24) is 9.03 Å². The summed E-state index contributed by atoms with van der Waals surface area (Å²) in [4.78, 5) is 25.1. The minimum Gasteiger partial charge on any atom is -0.465 e. The molecule has 0 aromatic heterocycles. The van der Waals surface area contributed by atoms with Crippen LogP contribution in [0.1, 0.15) is 74.6 Å². The van der Waals surface area contributed by atoms with Crippen LogP contribution in [0.15, 0.2) is 72.8 Å². The molecule has 0 radical (unpaired) electrons. The van der Waals surface area contributed by atoms with Crippen LogP contribution in [0.4, 0.5) is 26.3 Å². The Morgan fingerprint density at radius 2 is 1.40 bits per heavy atom. The van der Waals surface area contributed by atoms with Gasteiger partial charge in [-0.05, 0) is 72.9 Å². The normalized spacial score (nSPS) is 17.6. The zero-order valence-electron chi connectivity index (χ0n) is 24.0. The molecule has 0 spiro atoms. The molecule has 0 unspecified atom stereocenters. The van der Waals surface area contributed by atoms with Gasteiger partial charge in [-0.1, -0.05) is 48.5 Å². The summed E-state index contributed by atoms with van der Waals surface area (Å²) in [7, 11) is -3.45. The average Bonchev–Trinajstić information content (AvgIpc) is 3.00. The molecule has 0 aliphatic heterocycles. The number of alkyl halides is 6. The van der Waals surface area contributed by atoms with Gasteiger partial charge in [-0.15, -0.1) is 0 Å². The van der Waals surface area contributed by atoms with Gasteiger partial charge in [0.2, 0.25) is 0 Å². The van der Waals surface area contributed by atoms with Gasteiger partial charge in [-0.3, -0.25) is 4.79 Å². The highest BCUT2D eigenvalue weighted by molar-refractivity contribution is 7.87. The Kier molecular flexibility index (Phi) is 10.3. The second-order valence-corrected chi connectivity index (χ2v) is 12.5. The summed E-state index contributed by atoms with van der Waals surface area (Å²) < 4.78 is 115. The number of hydrogen-bond donors (Lipinski definition) is 1. The van der Waals surface area contributed by atoms with E-state index in [1.807, 2.05) is 12.1 Å². The standard InChI is InChI=1S/C31H30F6N2O5S/c1-44-29(41)27-10-6-5-9-26(27)22-13-11-21(12-14-22)19-39(18-20-7-3-2-4-8-20)45(42,43)38-28(40)23-15-24(30(32,33)34)17-25(16-23)31(35,36)37/h2-10,15-17,21-22H,11-14,18-19H2,1H3,(H,38,40). The van der Waals surface area contributed by atoms with Gasteiger partial charge in [0.1, 0.15) is 0 Å².